The number of nitrogens with two attached hydrogens (primary N) is 1. The molecule has 2 N–H and O–H groups in total. The minimum Gasteiger partial charge on any atom is -0.493 e. The number of methoxy groups -OCH3 is 2. The number of fused-ring (bicyclic) bond motifs is 1. The largest absolute Gasteiger partial charge is 0.493 e. The molecule has 0 radical (unpaired) electrons. The molecule has 0 aliphatic rings. The highest BCUT2D eigenvalue weighted by molar-refractivity contribution is 7.24. The summed E-state index contributed by atoms with van der Waals surface area (Å²) in [4.78, 5) is 14.7. The normalized spacial score (nSPS) is 11.0. The maximum atomic E-state index is 13.1. The van der Waals surface area contributed by atoms with Gasteiger partial charge in [0.25, 0.3) is 0 Å². The molecule has 4 rings (SSSR count). The lowest BCUT2D eigenvalue weighted by atomic mass is 10.00. The summed E-state index contributed by atoms with van der Waals surface area (Å²) in [6, 6.07) is 17.0. The Morgan fingerprint density at radius 2 is 1.59 bits per heavy atom. The van der Waals surface area contributed by atoms with Gasteiger partial charge in [0.1, 0.15) is 5.00 Å². The number of thiophene rings is 1. The second-order valence-electron chi connectivity index (χ2n) is 7.77. The summed E-state index contributed by atoms with van der Waals surface area (Å²) in [5.74, 6) is 1.21. The molecule has 0 bridgehead atoms. The van der Waals surface area contributed by atoms with Crippen LogP contribution in [0.5, 0.6) is 11.5 Å². The lowest BCUT2D eigenvalue weighted by molar-refractivity contribution is 0.256. The quantitative estimate of drug-likeness (QED) is 0.288. The summed E-state index contributed by atoms with van der Waals surface area (Å²) < 4.78 is 12.1. The van der Waals surface area contributed by atoms with E-state index in [1.54, 1.807) is 19.1 Å². The second-order valence-corrected chi connectivity index (χ2v) is 9.21. The van der Waals surface area contributed by atoms with Gasteiger partial charge in [0.15, 0.2) is 11.5 Å². The van der Waals surface area contributed by atoms with Crippen molar-refractivity contribution in [3.8, 4) is 22.6 Å². The monoisotopic (exact) mass is 494 g/mol. The highest BCUT2D eigenvalue weighted by Crippen LogP contribution is 2.51. The van der Waals surface area contributed by atoms with E-state index in [1.807, 2.05) is 54.6 Å². The lowest BCUT2D eigenvalue weighted by Crippen LogP contribution is -2.32. The van der Waals surface area contributed by atoms with Gasteiger partial charge in [0.2, 0.25) is 0 Å². The number of urea groups is 1. The molecule has 5 nitrogen and oxygen atoms in total. The number of ether oxygens (including phenoxy) is 2. The van der Waals surface area contributed by atoms with E-state index in [0.29, 0.717) is 21.5 Å². The van der Waals surface area contributed by atoms with Crippen LogP contribution in [-0.2, 0) is 12.8 Å². The average molecular weight is 495 g/mol. The molecule has 34 heavy (non-hydrogen) atoms. The Hall–Kier alpha value is -3.22. The van der Waals surface area contributed by atoms with Crippen LogP contribution in [0.4, 0.5) is 15.5 Å². The van der Waals surface area contributed by atoms with Gasteiger partial charge in [-0.1, -0.05) is 61.8 Å². The Bertz CT molecular complexity index is 1340. The summed E-state index contributed by atoms with van der Waals surface area (Å²) in [7, 11) is 3.21. The van der Waals surface area contributed by atoms with Crippen LogP contribution in [0.25, 0.3) is 21.2 Å². The highest BCUT2D eigenvalue weighted by Gasteiger charge is 2.28. The molecule has 4 aromatic rings. The Balaban J connectivity index is 2.14. The fourth-order valence-electron chi connectivity index (χ4n) is 4.31. The van der Waals surface area contributed by atoms with Crippen molar-refractivity contribution in [3.05, 3.63) is 70.7 Å². The number of aryl methyl sites for hydroxylation is 2. The molecule has 0 unspecified atom stereocenters. The molecule has 0 fully saturated rings. The first kappa shape index (κ1) is 23.9. The van der Waals surface area contributed by atoms with Gasteiger partial charge >= 0.3 is 6.03 Å². The molecule has 0 aliphatic heterocycles. The number of halogens is 1. The lowest BCUT2D eigenvalue weighted by Gasteiger charge is -2.26. The highest BCUT2D eigenvalue weighted by atomic mass is 35.5. The minimum absolute atomic E-state index is 0.547. The second kappa shape index (κ2) is 9.95. The van der Waals surface area contributed by atoms with Gasteiger partial charge in [-0.15, -0.1) is 11.3 Å². The van der Waals surface area contributed by atoms with Gasteiger partial charge in [-0.25, -0.2) is 4.79 Å². The van der Waals surface area contributed by atoms with Crippen molar-refractivity contribution in [1.82, 2.24) is 0 Å². The summed E-state index contributed by atoms with van der Waals surface area (Å²) >= 11 is 8.16. The van der Waals surface area contributed by atoms with Gasteiger partial charge in [0.05, 0.1) is 19.9 Å². The third-order valence-corrected chi connectivity index (χ3v) is 7.40. The van der Waals surface area contributed by atoms with Gasteiger partial charge in [0, 0.05) is 32.3 Å². The average Bonchev–Trinajstić information content (AvgIpc) is 3.20. The number of primary amides is 1. The smallest absolute Gasteiger partial charge is 0.324 e. The number of anilines is 2. The van der Waals surface area contributed by atoms with E-state index in [-0.39, 0.29) is 0 Å². The third kappa shape index (κ3) is 4.08. The zero-order chi connectivity index (χ0) is 24.4. The number of carbonyl (C=O) groups excluding carboxylic acids is 1. The van der Waals surface area contributed by atoms with Gasteiger partial charge in [-0.3, -0.25) is 4.90 Å². The van der Waals surface area contributed by atoms with E-state index in [2.05, 4.69) is 13.8 Å². The number of amides is 2. The molecule has 2 amide bonds. The van der Waals surface area contributed by atoms with Crippen molar-refractivity contribution < 1.29 is 14.3 Å². The van der Waals surface area contributed by atoms with E-state index in [9.17, 15) is 4.79 Å². The standard InChI is InChI=1S/C27H27ClN2O3S/c1-5-16-10-9-11-17(6-2)25(16)30(27(29)31)26-24(18-12-7-8-13-20(18)28)19-14-21(32-3)22(33-4)15-23(19)34-26/h7-15H,5-6H2,1-4H3,(H2,29,31). The van der Waals surface area contributed by atoms with Crippen LogP contribution in [-0.4, -0.2) is 20.3 Å². The predicted octanol–water partition coefficient (Wildman–Crippen LogP) is 7.58. The molecule has 1 aromatic heterocycles. The molecule has 0 saturated carbocycles. The van der Waals surface area contributed by atoms with Crippen molar-refractivity contribution in [2.45, 2.75) is 26.7 Å². The van der Waals surface area contributed by atoms with E-state index < -0.39 is 6.03 Å². The molecule has 0 saturated heterocycles. The van der Waals surface area contributed by atoms with E-state index in [4.69, 9.17) is 26.8 Å². The number of nitrogens with zero attached hydrogens (tertiary/aromatic N) is 1. The maximum absolute atomic E-state index is 13.1. The van der Waals surface area contributed by atoms with Crippen molar-refractivity contribution in [2.24, 2.45) is 5.73 Å². The van der Waals surface area contributed by atoms with Crippen LogP contribution in [0, 0.1) is 0 Å². The zero-order valence-electron chi connectivity index (χ0n) is 19.6. The molecular weight excluding hydrogens is 468 g/mol. The van der Waals surface area contributed by atoms with Crippen molar-refractivity contribution in [1.29, 1.82) is 0 Å². The predicted molar refractivity (Wildman–Crippen MR) is 142 cm³/mol. The summed E-state index contributed by atoms with van der Waals surface area (Å²) in [6.45, 7) is 4.15. The molecule has 1 heterocycles. The van der Waals surface area contributed by atoms with Gasteiger partial charge in [-0.05, 0) is 36.1 Å². The van der Waals surface area contributed by atoms with Crippen LogP contribution in [0.2, 0.25) is 5.02 Å². The van der Waals surface area contributed by atoms with Crippen LogP contribution >= 0.6 is 22.9 Å². The first-order valence-corrected chi connectivity index (χ1v) is 12.3. The summed E-state index contributed by atoms with van der Waals surface area (Å²) in [5, 5.41) is 2.20. The minimum atomic E-state index is -0.547. The number of rotatable bonds is 7. The van der Waals surface area contributed by atoms with E-state index in [0.717, 1.165) is 50.9 Å². The Morgan fingerprint density at radius 1 is 0.971 bits per heavy atom. The molecule has 0 spiro atoms. The summed E-state index contributed by atoms with van der Waals surface area (Å²) in [6.07, 6.45) is 1.53. The number of para-hydroxylation sites is 1. The SMILES string of the molecule is CCc1cccc(CC)c1N(C(N)=O)c1sc2cc(OC)c(OC)cc2c1-c1ccccc1Cl. The molecule has 0 atom stereocenters. The first-order valence-electron chi connectivity index (χ1n) is 11.1. The molecular formula is C27H27ClN2O3S. The third-order valence-electron chi connectivity index (χ3n) is 5.93. The van der Waals surface area contributed by atoms with Crippen LogP contribution < -0.4 is 20.1 Å². The fourth-order valence-corrected chi connectivity index (χ4v) is 5.78. The molecule has 0 aliphatic carbocycles. The first-order chi connectivity index (χ1) is 16.4. The van der Waals surface area contributed by atoms with Crippen molar-refractivity contribution in [3.63, 3.8) is 0 Å². The number of hydrogen-bond acceptors (Lipinski definition) is 4. The van der Waals surface area contributed by atoms with Crippen LogP contribution in [0.15, 0.2) is 54.6 Å². The van der Waals surface area contributed by atoms with E-state index in [1.165, 1.54) is 11.3 Å². The van der Waals surface area contributed by atoms with Gasteiger partial charge in [-0.2, -0.15) is 0 Å². The molecule has 176 valence electrons. The fraction of sp³-hybridized carbons (Fsp3) is 0.222. The Labute approximate surface area is 208 Å². The molecule has 3 aromatic carbocycles. The Morgan fingerprint density at radius 3 is 2.15 bits per heavy atom. The number of benzene rings is 3. The molecule has 7 heteroatoms. The van der Waals surface area contributed by atoms with Crippen LogP contribution in [0.3, 0.4) is 0 Å². The maximum Gasteiger partial charge on any atom is 0.324 e. The zero-order valence-corrected chi connectivity index (χ0v) is 21.2. The van der Waals surface area contributed by atoms with E-state index >= 15 is 0 Å². The number of hydrogen-bond donors (Lipinski definition) is 1. The summed E-state index contributed by atoms with van der Waals surface area (Å²) in [5.41, 5.74) is 10.7. The van der Waals surface area contributed by atoms with Crippen molar-refractivity contribution in [2.75, 3.05) is 19.1 Å². The number of carbonyl (C=O) groups is 1. The topological polar surface area (TPSA) is 64.8 Å². The van der Waals surface area contributed by atoms with Gasteiger partial charge < -0.3 is 15.2 Å². The van der Waals surface area contributed by atoms with Crippen LogP contribution in [0.1, 0.15) is 25.0 Å². The van der Waals surface area contributed by atoms with Crippen molar-refractivity contribution >= 4 is 49.7 Å². The Kier molecular flexibility index (Phi) is 7.00.